The molecule has 2 heterocycles. The zero-order valence-electron chi connectivity index (χ0n) is 11.2. The number of nitrogens with zero attached hydrogens (tertiary/aromatic N) is 1. The summed E-state index contributed by atoms with van der Waals surface area (Å²) in [6.07, 6.45) is 9.07. The Morgan fingerprint density at radius 1 is 1.53 bits per heavy atom. The molecule has 0 radical (unpaired) electrons. The third-order valence-corrected chi connectivity index (χ3v) is 3.29. The van der Waals surface area contributed by atoms with Gasteiger partial charge in [0, 0.05) is 25.4 Å². The Balaban J connectivity index is 1.51. The van der Waals surface area contributed by atoms with E-state index in [0.717, 1.165) is 38.7 Å². The molecule has 19 heavy (non-hydrogen) atoms. The molecule has 0 amide bonds. The van der Waals surface area contributed by atoms with Crippen molar-refractivity contribution in [3.8, 4) is 0 Å². The van der Waals surface area contributed by atoms with Crippen molar-refractivity contribution in [2.45, 2.75) is 44.6 Å². The van der Waals surface area contributed by atoms with Crippen LogP contribution in [0.25, 0.3) is 0 Å². The first-order valence-corrected chi connectivity index (χ1v) is 7.01. The van der Waals surface area contributed by atoms with Crippen LogP contribution >= 0.6 is 0 Å². The zero-order chi connectivity index (χ0) is 13.3. The van der Waals surface area contributed by atoms with E-state index in [1.165, 1.54) is 5.56 Å². The van der Waals surface area contributed by atoms with E-state index in [0.29, 0.717) is 13.0 Å². The maximum atomic E-state index is 11.5. The number of pyridine rings is 1. The lowest BCUT2D eigenvalue weighted by Gasteiger charge is -2.08. The van der Waals surface area contributed by atoms with Gasteiger partial charge in [-0.25, -0.2) is 0 Å². The van der Waals surface area contributed by atoms with E-state index in [1.807, 2.05) is 18.3 Å². The Labute approximate surface area is 114 Å². The van der Waals surface area contributed by atoms with E-state index < -0.39 is 0 Å². The number of hydrogen-bond donors (Lipinski definition) is 0. The molecule has 1 aromatic heterocycles. The molecule has 1 fully saturated rings. The smallest absolute Gasteiger partial charge is 0.305 e. The summed E-state index contributed by atoms with van der Waals surface area (Å²) in [6, 6.07) is 3.95. The molecule has 0 bridgehead atoms. The third kappa shape index (κ3) is 5.39. The molecule has 1 aromatic rings. The predicted molar refractivity (Wildman–Crippen MR) is 71.7 cm³/mol. The van der Waals surface area contributed by atoms with Gasteiger partial charge in [0.2, 0.25) is 0 Å². The van der Waals surface area contributed by atoms with Gasteiger partial charge in [0.05, 0.1) is 12.7 Å². The second-order valence-corrected chi connectivity index (χ2v) is 4.86. The lowest BCUT2D eigenvalue weighted by Crippen LogP contribution is -2.11. The van der Waals surface area contributed by atoms with Gasteiger partial charge in [-0.2, -0.15) is 0 Å². The molecule has 4 heteroatoms. The van der Waals surface area contributed by atoms with Crippen LogP contribution in [0.15, 0.2) is 24.5 Å². The van der Waals surface area contributed by atoms with Crippen LogP contribution in [0.2, 0.25) is 0 Å². The predicted octanol–water partition coefficient (Wildman–Crippen LogP) is 2.52. The highest BCUT2D eigenvalue weighted by molar-refractivity contribution is 5.69. The highest BCUT2D eigenvalue weighted by Crippen LogP contribution is 2.16. The number of ether oxygens (including phenoxy) is 2. The molecule has 0 aliphatic carbocycles. The lowest BCUT2D eigenvalue weighted by molar-refractivity contribution is -0.144. The van der Waals surface area contributed by atoms with Crippen molar-refractivity contribution in [2.75, 3.05) is 13.2 Å². The minimum atomic E-state index is -0.110. The summed E-state index contributed by atoms with van der Waals surface area (Å²) >= 11 is 0. The number of carbonyl (C=O) groups is 1. The van der Waals surface area contributed by atoms with Crippen molar-refractivity contribution in [1.29, 1.82) is 0 Å². The summed E-state index contributed by atoms with van der Waals surface area (Å²) in [7, 11) is 0. The number of aromatic nitrogens is 1. The Morgan fingerprint density at radius 3 is 3.21 bits per heavy atom. The maximum Gasteiger partial charge on any atom is 0.305 e. The Kier molecular flexibility index (Phi) is 5.82. The number of carbonyl (C=O) groups excluding carboxylic acids is 1. The first-order chi connectivity index (χ1) is 9.34. The normalized spacial score (nSPS) is 18.4. The summed E-state index contributed by atoms with van der Waals surface area (Å²) in [5, 5.41) is 0. The molecule has 0 spiro atoms. The van der Waals surface area contributed by atoms with Crippen LogP contribution in [0.3, 0.4) is 0 Å². The van der Waals surface area contributed by atoms with Crippen LogP contribution in [-0.2, 0) is 20.7 Å². The second kappa shape index (κ2) is 7.89. The van der Waals surface area contributed by atoms with Crippen molar-refractivity contribution in [3.63, 3.8) is 0 Å². The van der Waals surface area contributed by atoms with Crippen molar-refractivity contribution >= 4 is 5.97 Å². The van der Waals surface area contributed by atoms with Gasteiger partial charge in [0.15, 0.2) is 0 Å². The van der Waals surface area contributed by atoms with Gasteiger partial charge < -0.3 is 9.47 Å². The highest BCUT2D eigenvalue weighted by Gasteiger charge is 2.16. The van der Waals surface area contributed by atoms with Gasteiger partial charge in [0.25, 0.3) is 0 Å². The Bertz CT molecular complexity index is 374. The van der Waals surface area contributed by atoms with E-state index >= 15 is 0 Å². The van der Waals surface area contributed by atoms with Gasteiger partial charge in [0.1, 0.15) is 0 Å². The largest absolute Gasteiger partial charge is 0.466 e. The second-order valence-electron chi connectivity index (χ2n) is 4.86. The van der Waals surface area contributed by atoms with Crippen molar-refractivity contribution in [1.82, 2.24) is 4.98 Å². The number of rotatable bonds is 7. The molecule has 4 nitrogen and oxygen atoms in total. The summed E-state index contributed by atoms with van der Waals surface area (Å²) in [4.78, 5) is 15.6. The van der Waals surface area contributed by atoms with Crippen molar-refractivity contribution < 1.29 is 14.3 Å². The minimum Gasteiger partial charge on any atom is -0.466 e. The van der Waals surface area contributed by atoms with E-state index in [1.54, 1.807) is 6.20 Å². The fourth-order valence-corrected chi connectivity index (χ4v) is 2.23. The standard InChI is InChI=1S/C15H21NO3/c17-15(8-7-14-6-3-10-18-14)19-11-2-5-13-4-1-9-16-12-13/h1,4,9,12,14H,2-3,5-8,10-11H2. The summed E-state index contributed by atoms with van der Waals surface area (Å²) in [5.74, 6) is -0.110. The number of esters is 1. The molecular weight excluding hydrogens is 242 g/mol. The van der Waals surface area contributed by atoms with E-state index in [-0.39, 0.29) is 12.1 Å². The molecule has 2 rings (SSSR count). The van der Waals surface area contributed by atoms with Crippen LogP contribution < -0.4 is 0 Å². The maximum absolute atomic E-state index is 11.5. The molecule has 0 aromatic carbocycles. The zero-order valence-corrected chi connectivity index (χ0v) is 11.2. The quantitative estimate of drug-likeness (QED) is 0.560. The van der Waals surface area contributed by atoms with Crippen molar-refractivity contribution in [3.05, 3.63) is 30.1 Å². The highest BCUT2D eigenvalue weighted by atomic mass is 16.5. The Morgan fingerprint density at radius 2 is 2.47 bits per heavy atom. The first-order valence-electron chi connectivity index (χ1n) is 7.01. The number of aryl methyl sites for hydroxylation is 1. The van der Waals surface area contributed by atoms with E-state index in [9.17, 15) is 4.79 Å². The van der Waals surface area contributed by atoms with Gasteiger partial charge in [-0.15, -0.1) is 0 Å². The molecule has 1 aliphatic heterocycles. The summed E-state index contributed by atoms with van der Waals surface area (Å²) in [5.41, 5.74) is 1.18. The molecule has 1 atom stereocenters. The van der Waals surface area contributed by atoms with Crippen LogP contribution in [0.1, 0.15) is 37.7 Å². The summed E-state index contributed by atoms with van der Waals surface area (Å²) in [6.45, 7) is 1.32. The SMILES string of the molecule is O=C(CCC1CCCO1)OCCCc1cccnc1. The average molecular weight is 263 g/mol. The molecule has 1 aliphatic rings. The fourth-order valence-electron chi connectivity index (χ4n) is 2.23. The van der Waals surface area contributed by atoms with Crippen LogP contribution in [-0.4, -0.2) is 30.3 Å². The number of hydrogen-bond acceptors (Lipinski definition) is 4. The molecule has 1 unspecified atom stereocenters. The topological polar surface area (TPSA) is 48.4 Å². The van der Waals surface area contributed by atoms with Crippen molar-refractivity contribution in [2.24, 2.45) is 0 Å². The van der Waals surface area contributed by atoms with E-state index in [2.05, 4.69) is 4.98 Å². The molecule has 104 valence electrons. The van der Waals surface area contributed by atoms with Gasteiger partial charge in [-0.05, 0) is 43.7 Å². The molecular formula is C15H21NO3. The van der Waals surface area contributed by atoms with Gasteiger partial charge in [-0.1, -0.05) is 6.07 Å². The van der Waals surface area contributed by atoms with Crippen LogP contribution in [0.5, 0.6) is 0 Å². The monoisotopic (exact) mass is 263 g/mol. The average Bonchev–Trinajstić information content (AvgIpc) is 2.96. The Hall–Kier alpha value is -1.42. The van der Waals surface area contributed by atoms with E-state index in [4.69, 9.17) is 9.47 Å². The third-order valence-electron chi connectivity index (χ3n) is 3.29. The molecule has 0 saturated carbocycles. The van der Waals surface area contributed by atoms with Gasteiger partial charge in [-0.3, -0.25) is 9.78 Å². The first kappa shape index (κ1) is 14.0. The lowest BCUT2D eigenvalue weighted by atomic mass is 10.1. The minimum absolute atomic E-state index is 0.110. The van der Waals surface area contributed by atoms with Crippen LogP contribution in [0.4, 0.5) is 0 Å². The molecule has 1 saturated heterocycles. The summed E-state index contributed by atoms with van der Waals surface area (Å²) < 4.78 is 10.7. The van der Waals surface area contributed by atoms with Gasteiger partial charge >= 0.3 is 5.97 Å². The fraction of sp³-hybridized carbons (Fsp3) is 0.600. The molecule has 0 N–H and O–H groups in total. The van der Waals surface area contributed by atoms with Crippen LogP contribution in [0, 0.1) is 0 Å².